The summed E-state index contributed by atoms with van der Waals surface area (Å²) in [5.74, 6) is -1.53. The summed E-state index contributed by atoms with van der Waals surface area (Å²) >= 11 is 3.58. The molecule has 6 nitrogen and oxygen atoms in total. The molecule has 0 saturated carbocycles. The van der Waals surface area contributed by atoms with Crippen molar-refractivity contribution in [2.75, 3.05) is 13.7 Å². The minimum Gasteiger partial charge on any atom is -0.466 e. The highest BCUT2D eigenvalue weighted by Gasteiger charge is 2.38. The Labute approximate surface area is 202 Å². The van der Waals surface area contributed by atoms with Crippen LogP contribution in [0.4, 0.5) is 0 Å². The molecule has 0 bridgehead atoms. The lowest BCUT2D eigenvalue weighted by molar-refractivity contribution is -0.139. The minimum atomic E-state index is -0.605. The zero-order valence-corrected chi connectivity index (χ0v) is 20.5. The van der Waals surface area contributed by atoms with Crippen LogP contribution < -0.4 is 10.6 Å². The maximum absolute atomic E-state index is 13.4. The number of halogens is 1. The molecule has 0 fully saturated rings. The maximum atomic E-state index is 13.4. The van der Waals surface area contributed by atoms with Gasteiger partial charge < -0.3 is 20.1 Å². The molecule has 7 heteroatoms. The van der Waals surface area contributed by atoms with Crippen molar-refractivity contribution in [1.29, 1.82) is 0 Å². The van der Waals surface area contributed by atoms with Crippen molar-refractivity contribution in [2.24, 2.45) is 0 Å². The van der Waals surface area contributed by atoms with E-state index in [4.69, 9.17) is 9.47 Å². The van der Waals surface area contributed by atoms with Crippen LogP contribution in [0.1, 0.15) is 48.9 Å². The van der Waals surface area contributed by atoms with Crippen LogP contribution >= 0.6 is 15.9 Å². The van der Waals surface area contributed by atoms with Gasteiger partial charge in [0.15, 0.2) is 0 Å². The largest absolute Gasteiger partial charge is 0.466 e. The number of carbonyl (C=O) groups excluding carboxylic acids is 2. The Morgan fingerprint density at radius 2 is 1.61 bits per heavy atom. The molecule has 0 aliphatic carbocycles. The fourth-order valence-corrected chi connectivity index (χ4v) is 5.16. The van der Waals surface area contributed by atoms with Crippen molar-refractivity contribution in [1.82, 2.24) is 10.6 Å². The predicted molar refractivity (Wildman–Crippen MR) is 129 cm³/mol. The number of ether oxygens (including phenoxy) is 2. The molecular weight excluding hydrogens is 484 g/mol. The maximum Gasteiger partial charge on any atom is 0.336 e. The summed E-state index contributed by atoms with van der Waals surface area (Å²) < 4.78 is 11.6. The van der Waals surface area contributed by atoms with Gasteiger partial charge in [-0.05, 0) is 36.6 Å². The van der Waals surface area contributed by atoms with Gasteiger partial charge in [-0.3, -0.25) is 0 Å². The SMILES string of the molecule is COC(=O)C1=C(C)NC(C)=C(C(=O)OCCC2NCc3ccccc32)C1c1ccccc1Br. The Morgan fingerprint density at radius 1 is 0.970 bits per heavy atom. The summed E-state index contributed by atoms with van der Waals surface area (Å²) in [6.07, 6.45) is 0.668. The van der Waals surface area contributed by atoms with E-state index in [2.05, 4.69) is 38.7 Å². The van der Waals surface area contributed by atoms with Gasteiger partial charge in [0, 0.05) is 34.9 Å². The van der Waals surface area contributed by atoms with Crippen molar-refractivity contribution in [3.05, 3.63) is 92.2 Å². The molecule has 0 spiro atoms. The molecule has 2 aromatic rings. The summed E-state index contributed by atoms with van der Waals surface area (Å²) in [6, 6.07) is 16.0. The molecule has 0 amide bonds. The number of rotatable bonds is 6. The van der Waals surface area contributed by atoms with Crippen molar-refractivity contribution >= 4 is 27.9 Å². The molecule has 2 aromatic carbocycles. The molecule has 0 aromatic heterocycles. The van der Waals surface area contributed by atoms with Gasteiger partial charge in [-0.15, -0.1) is 0 Å². The van der Waals surface area contributed by atoms with Crippen LogP contribution in [0.15, 0.2) is 75.5 Å². The summed E-state index contributed by atoms with van der Waals surface area (Å²) in [4.78, 5) is 26.1. The van der Waals surface area contributed by atoms with Crippen LogP contribution in [-0.4, -0.2) is 25.7 Å². The summed E-state index contributed by atoms with van der Waals surface area (Å²) in [5, 5.41) is 6.64. The second kappa shape index (κ2) is 9.93. The van der Waals surface area contributed by atoms with E-state index in [1.165, 1.54) is 18.2 Å². The second-order valence-electron chi connectivity index (χ2n) is 8.21. The Bertz CT molecular complexity index is 1150. The lowest BCUT2D eigenvalue weighted by Gasteiger charge is -2.30. The highest BCUT2D eigenvalue weighted by molar-refractivity contribution is 9.10. The number of dihydropyridines is 1. The molecule has 33 heavy (non-hydrogen) atoms. The third kappa shape index (κ3) is 4.61. The summed E-state index contributed by atoms with van der Waals surface area (Å²) in [7, 11) is 1.34. The van der Waals surface area contributed by atoms with E-state index in [-0.39, 0.29) is 12.6 Å². The number of benzene rings is 2. The average Bonchev–Trinajstić information content (AvgIpc) is 3.21. The third-order valence-electron chi connectivity index (χ3n) is 6.21. The molecule has 2 atom stereocenters. The van der Waals surface area contributed by atoms with Crippen molar-refractivity contribution in [3.63, 3.8) is 0 Å². The molecule has 2 heterocycles. The minimum absolute atomic E-state index is 0.153. The predicted octanol–water partition coefficient (Wildman–Crippen LogP) is 4.63. The molecule has 4 rings (SSSR count). The first-order chi connectivity index (χ1) is 15.9. The lowest BCUT2D eigenvalue weighted by Crippen LogP contribution is -2.32. The van der Waals surface area contributed by atoms with Gasteiger partial charge in [-0.2, -0.15) is 0 Å². The molecular formula is C26H27BrN2O4. The van der Waals surface area contributed by atoms with Crippen molar-refractivity contribution in [2.45, 2.75) is 38.8 Å². The van der Waals surface area contributed by atoms with E-state index in [0.29, 0.717) is 29.0 Å². The topological polar surface area (TPSA) is 76.7 Å². The standard InChI is InChI=1S/C26H27BrN2O4/c1-15-22(25(30)32-3)24(19-10-6-7-11-20(19)27)23(16(2)29-15)26(31)33-13-12-21-18-9-5-4-8-17(18)14-28-21/h4-11,21,24,28-29H,12-14H2,1-3H3. The van der Waals surface area contributed by atoms with E-state index in [1.54, 1.807) is 0 Å². The zero-order chi connectivity index (χ0) is 23.5. The molecule has 2 aliphatic heterocycles. The van der Waals surface area contributed by atoms with Crippen LogP contribution in [0.5, 0.6) is 0 Å². The highest BCUT2D eigenvalue weighted by Crippen LogP contribution is 2.41. The number of methoxy groups -OCH3 is 1. The number of fused-ring (bicyclic) bond motifs is 1. The Kier molecular flexibility index (Phi) is 7.00. The van der Waals surface area contributed by atoms with Gasteiger partial charge in [-0.25, -0.2) is 9.59 Å². The number of nitrogens with one attached hydrogen (secondary N) is 2. The van der Waals surface area contributed by atoms with E-state index in [0.717, 1.165) is 16.6 Å². The van der Waals surface area contributed by atoms with Gasteiger partial charge in [0.25, 0.3) is 0 Å². The smallest absolute Gasteiger partial charge is 0.336 e. The monoisotopic (exact) mass is 510 g/mol. The number of esters is 2. The quantitative estimate of drug-likeness (QED) is 0.551. The molecule has 2 unspecified atom stereocenters. The first-order valence-corrected chi connectivity index (χ1v) is 11.7. The van der Waals surface area contributed by atoms with Crippen LogP contribution in [0.3, 0.4) is 0 Å². The van der Waals surface area contributed by atoms with E-state index in [9.17, 15) is 9.59 Å². The first kappa shape index (κ1) is 23.3. The molecule has 2 aliphatic rings. The zero-order valence-electron chi connectivity index (χ0n) is 18.9. The van der Waals surface area contributed by atoms with E-state index >= 15 is 0 Å². The molecule has 0 radical (unpaired) electrons. The van der Waals surface area contributed by atoms with Crippen LogP contribution in [0, 0.1) is 0 Å². The van der Waals surface area contributed by atoms with Gasteiger partial charge in [0.1, 0.15) is 0 Å². The van der Waals surface area contributed by atoms with Crippen LogP contribution in [0.25, 0.3) is 0 Å². The summed E-state index contributed by atoms with van der Waals surface area (Å²) in [6.45, 7) is 4.72. The Hall–Kier alpha value is -2.90. The Morgan fingerprint density at radius 3 is 2.30 bits per heavy atom. The average molecular weight is 511 g/mol. The van der Waals surface area contributed by atoms with Crippen LogP contribution in [-0.2, 0) is 25.6 Å². The fourth-order valence-electron chi connectivity index (χ4n) is 4.65. The Balaban J connectivity index is 1.58. The van der Waals surface area contributed by atoms with Gasteiger partial charge in [0.05, 0.1) is 30.8 Å². The molecule has 0 saturated heterocycles. The van der Waals surface area contributed by atoms with Crippen molar-refractivity contribution < 1.29 is 19.1 Å². The summed E-state index contributed by atoms with van der Waals surface area (Å²) in [5.41, 5.74) is 5.46. The van der Waals surface area contributed by atoms with E-state index < -0.39 is 17.9 Å². The van der Waals surface area contributed by atoms with E-state index in [1.807, 2.05) is 50.2 Å². The highest BCUT2D eigenvalue weighted by atomic mass is 79.9. The number of hydrogen-bond acceptors (Lipinski definition) is 6. The van der Waals surface area contributed by atoms with Crippen LogP contribution in [0.2, 0.25) is 0 Å². The number of allylic oxidation sites excluding steroid dienone is 2. The molecule has 172 valence electrons. The first-order valence-electron chi connectivity index (χ1n) is 10.9. The van der Waals surface area contributed by atoms with Gasteiger partial charge >= 0.3 is 11.9 Å². The second-order valence-corrected chi connectivity index (χ2v) is 9.06. The van der Waals surface area contributed by atoms with Gasteiger partial charge in [-0.1, -0.05) is 58.4 Å². The third-order valence-corrected chi connectivity index (χ3v) is 6.93. The van der Waals surface area contributed by atoms with Gasteiger partial charge in [0.2, 0.25) is 0 Å². The fraction of sp³-hybridized carbons (Fsp3) is 0.308. The lowest BCUT2D eigenvalue weighted by atomic mass is 9.80. The molecule has 2 N–H and O–H groups in total. The van der Waals surface area contributed by atoms with Crippen molar-refractivity contribution in [3.8, 4) is 0 Å². The number of hydrogen-bond donors (Lipinski definition) is 2. The number of carbonyl (C=O) groups is 2. The normalized spacial score (nSPS) is 19.8.